The fraction of sp³-hybridized carbons (Fsp3) is 0.562. The molecule has 1 saturated heterocycles. The zero-order valence-corrected chi connectivity index (χ0v) is 12.6. The van der Waals surface area contributed by atoms with E-state index in [0.29, 0.717) is 0 Å². The molecule has 0 atom stereocenters. The number of amides is 1. The van der Waals surface area contributed by atoms with Crippen LogP contribution < -0.4 is 10.2 Å². The number of anilines is 1. The molecule has 0 aliphatic carbocycles. The molecule has 1 aromatic carbocycles. The summed E-state index contributed by atoms with van der Waals surface area (Å²) in [5.74, 6) is 0.187. The highest BCUT2D eigenvalue weighted by molar-refractivity contribution is 6.07. The van der Waals surface area contributed by atoms with E-state index in [4.69, 9.17) is 0 Å². The summed E-state index contributed by atoms with van der Waals surface area (Å²) >= 11 is 0. The molecule has 1 aromatic rings. The van der Waals surface area contributed by atoms with Gasteiger partial charge in [-0.2, -0.15) is 0 Å². The second-order valence-corrected chi connectivity index (χ2v) is 6.37. The van der Waals surface area contributed by atoms with Crippen molar-refractivity contribution in [2.24, 2.45) is 0 Å². The van der Waals surface area contributed by atoms with E-state index in [1.807, 2.05) is 20.9 Å². The summed E-state index contributed by atoms with van der Waals surface area (Å²) in [7, 11) is 1.87. The second kappa shape index (κ2) is 4.86. The average molecular weight is 273 g/mol. The topological polar surface area (TPSA) is 35.6 Å². The standard InChI is InChI=1S/C16H23N3O/c1-16(2)13-10-12(11-19-8-6-17-7-9-19)4-5-14(13)18(3)15(16)20/h4-5,10,17H,6-9,11H2,1-3H3. The van der Waals surface area contributed by atoms with E-state index in [0.717, 1.165) is 44.0 Å². The van der Waals surface area contributed by atoms with Crippen molar-refractivity contribution in [3.05, 3.63) is 29.3 Å². The number of fused-ring (bicyclic) bond motifs is 1. The third kappa shape index (κ3) is 2.13. The van der Waals surface area contributed by atoms with Gasteiger partial charge in [-0.1, -0.05) is 12.1 Å². The van der Waals surface area contributed by atoms with Gasteiger partial charge in [-0.3, -0.25) is 9.69 Å². The fourth-order valence-electron chi connectivity index (χ4n) is 3.25. The third-order valence-electron chi connectivity index (χ3n) is 4.55. The molecule has 4 nitrogen and oxygen atoms in total. The highest BCUT2D eigenvalue weighted by Crippen LogP contribution is 2.41. The molecule has 0 unspecified atom stereocenters. The van der Waals surface area contributed by atoms with E-state index >= 15 is 0 Å². The van der Waals surface area contributed by atoms with Crippen LogP contribution in [0.15, 0.2) is 18.2 Å². The minimum atomic E-state index is -0.399. The Hall–Kier alpha value is -1.39. The van der Waals surface area contributed by atoms with Gasteiger partial charge in [0.25, 0.3) is 0 Å². The molecule has 0 saturated carbocycles. The molecule has 1 fully saturated rings. The van der Waals surface area contributed by atoms with Crippen LogP contribution in [0, 0.1) is 0 Å². The number of carbonyl (C=O) groups is 1. The zero-order valence-electron chi connectivity index (χ0n) is 12.6. The Morgan fingerprint density at radius 1 is 1.25 bits per heavy atom. The Balaban J connectivity index is 1.86. The molecule has 2 aliphatic rings. The van der Waals surface area contributed by atoms with Gasteiger partial charge in [0, 0.05) is 45.5 Å². The van der Waals surface area contributed by atoms with E-state index in [9.17, 15) is 4.79 Å². The van der Waals surface area contributed by atoms with E-state index in [1.54, 1.807) is 4.90 Å². The normalized spacial score (nSPS) is 22.1. The smallest absolute Gasteiger partial charge is 0.236 e. The molecule has 108 valence electrons. The Kier molecular flexibility index (Phi) is 3.30. The van der Waals surface area contributed by atoms with Gasteiger partial charge >= 0.3 is 0 Å². The fourth-order valence-corrected chi connectivity index (χ4v) is 3.25. The third-order valence-corrected chi connectivity index (χ3v) is 4.55. The van der Waals surface area contributed by atoms with Gasteiger partial charge in [-0.15, -0.1) is 0 Å². The van der Waals surface area contributed by atoms with Crippen LogP contribution in [-0.2, 0) is 16.8 Å². The summed E-state index contributed by atoms with van der Waals surface area (Å²) in [5.41, 5.74) is 3.13. The van der Waals surface area contributed by atoms with Crippen molar-refractivity contribution in [2.75, 3.05) is 38.1 Å². The lowest BCUT2D eigenvalue weighted by Crippen LogP contribution is -2.42. The first kappa shape index (κ1) is 13.6. The monoisotopic (exact) mass is 273 g/mol. The van der Waals surface area contributed by atoms with Crippen molar-refractivity contribution in [3.63, 3.8) is 0 Å². The molecular formula is C16H23N3O. The van der Waals surface area contributed by atoms with E-state index in [2.05, 4.69) is 28.4 Å². The van der Waals surface area contributed by atoms with E-state index in [-0.39, 0.29) is 5.91 Å². The van der Waals surface area contributed by atoms with Gasteiger partial charge in [0.2, 0.25) is 5.91 Å². The number of carbonyl (C=O) groups excluding carboxylic acids is 1. The molecule has 0 radical (unpaired) electrons. The number of hydrogen-bond donors (Lipinski definition) is 1. The van der Waals surface area contributed by atoms with E-state index < -0.39 is 5.41 Å². The predicted octanol–water partition coefficient (Wildman–Crippen LogP) is 1.35. The SMILES string of the molecule is CN1C(=O)C(C)(C)c2cc(CN3CCNCC3)ccc21. The molecule has 0 spiro atoms. The highest BCUT2D eigenvalue weighted by atomic mass is 16.2. The van der Waals surface area contributed by atoms with Gasteiger partial charge < -0.3 is 10.2 Å². The number of benzene rings is 1. The first-order valence-corrected chi connectivity index (χ1v) is 7.35. The molecule has 2 heterocycles. The molecule has 20 heavy (non-hydrogen) atoms. The van der Waals surface area contributed by atoms with Crippen LogP contribution in [0.2, 0.25) is 0 Å². The molecule has 0 bridgehead atoms. The van der Waals surface area contributed by atoms with Crippen LogP contribution in [0.5, 0.6) is 0 Å². The lowest BCUT2D eigenvalue weighted by atomic mass is 9.85. The molecule has 4 heteroatoms. The molecule has 1 N–H and O–H groups in total. The Morgan fingerprint density at radius 3 is 2.65 bits per heavy atom. The van der Waals surface area contributed by atoms with Crippen LogP contribution in [0.3, 0.4) is 0 Å². The zero-order chi connectivity index (χ0) is 14.3. The summed E-state index contributed by atoms with van der Waals surface area (Å²) < 4.78 is 0. The largest absolute Gasteiger partial charge is 0.314 e. The van der Waals surface area contributed by atoms with Crippen LogP contribution in [0.4, 0.5) is 5.69 Å². The maximum atomic E-state index is 12.3. The van der Waals surface area contributed by atoms with Crippen LogP contribution in [0.1, 0.15) is 25.0 Å². The Morgan fingerprint density at radius 2 is 1.95 bits per heavy atom. The number of hydrogen-bond acceptors (Lipinski definition) is 3. The van der Waals surface area contributed by atoms with Gasteiger partial charge in [0.1, 0.15) is 0 Å². The number of nitrogens with one attached hydrogen (secondary N) is 1. The summed E-state index contributed by atoms with van der Waals surface area (Å²) in [6, 6.07) is 6.48. The van der Waals surface area contributed by atoms with Crippen molar-refractivity contribution < 1.29 is 4.79 Å². The number of piperazine rings is 1. The summed E-state index contributed by atoms with van der Waals surface area (Å²) in [4.78, 5) is 16.5. The average Bonchev–Trinajstić information content (AvgIpc) is 2.62. The van der Waals surface area contributed by atoms with Crippen LogP contribution >= 0.6 is 0 Å². The molecular weight excluding hydrogens is 250 g/mol. The molecule has 3 rings (SSSR count). The van der Waals surface area contributed by atoms with Gasteiger partial charge in [-0.05, 0) is 31.0 Å². The van der Waals surface area contributed by atoms with Gasteiger partial charge in [0.15, 0.2) is 0 Å². The number of nitrogens with zero attached hydrogens (tertiary/aromatic N) is 2. The van der Waals surface area contributed by atoms with Crippen molar-refractivity contribution in [1.29, 1.82) is 0 Å². The second-order valence-electron chi connectivity index (χ2n) is 6.37. The first-order valence-electron chi connectivity index (χ1n) is 7.35. The lowest BCUT2D eigenvalue weighted by Gasteiger charge is -2.27. The number of rotatable bonds is 2. The lowest BCUT2D eigenvalue weighted by molar-refractivity contribution is -0.121. The Labute approximate surface area is 120 Å². The van der Waals surface area contributed by atoms with Crippen molar-refractivity contribution >= 4 is 11.6 Å². The van der Waals surface area contributed by atoms with E-state index in [1.165, 1.54) is 5.56 Å². The maximum absolute atomic E-state index is 12.3. The summed E-state index contributed by atoms with van der Waals surface area (Å²) in [5, 5.41) is 3.37. The summed E-state index contributed by atoms with van der Waals surface area (Å²) in [6.07, 6.45) is 0. The molecule has 2 aliphatic heterocycles. The molecule has 0 aromatic heterocycles. The maximum Gasteiger partial charge on any atom is 0.236 e. The highest BCUT2D eigenvalue weighted by Gasteiger charge is 2.42. The minimum absolute atomic E-state index is 0.187. The molecule has 1 amide bonds. The van der Waals surface area contributed by atoms with Crippen molar-refractivity contribution in [3.8, 4) is 0 Å². The van der Waals surface area contributed by atoms with Gasteiger partial charge in [-0.25, -0.2) is 0 Å². The van der Waals surface area contributed by atoms with Crippen molar-refractivity contribution in [2.45, 2.75) is 25.8 Å². The quantitative estimate of drug-likeness (QED) is 0.883. The summed E-state index contributed by atoms with van der Waals surface area (Å²) in [6.45, 7) is 9.34. The van der Waals surface area contributed by atoms with Gasteiger partial charge in [0.05, 0.1) is 5.41 Å². The Bertz CT molecular complexity index is 533. The van der Waals surface area contributed by atoms with Crippen LogP contribution in [-0.4, -0.2) is 44.0 Å². The van der Waals surface area contributed by atoms with Crippen LogP contribution in [0.25, 0.3) is 0 Å². The predicted molar refractivity (Wildman–Crippen MR) is 81.0 cm³/mol. The van der Waals surface area contributed by atoms with Crippen molar-refractivity contribution in [1.82, 2.24) is 10.2 Å². The number of likely N-dealkylation sites (N-methyl/N-ethyl adjacent to an activating group) is 1. The minimum Gasteiger partial charge on any atom is -0.314 e. The first-order chi connectivity index (χ1) is 9.50.